The largest absolute Gasteiger partial charge is 0.494 e. The molecule has 0 unspecified atom stereocenters. The summed E-state index contributed by atoms with van der Waals surface area (Å²) in [6.45, 7) is 8.95. The number of ether oxygens (including phenoxy) is 1. The van der Waals surface area contributed by atoms with Crippen molar-refractivity contribution in [1.82, 2.24) is 47.0 Å². The minimum absolute atomic E-state index is 0.00205. The van der Waals surface area contributed by atoms with Gasteiger partial charge in [-0.15, -0.1) is 0 Å². The number of thioether (sulfide) groups is 2. The lowest BCUT2D eigenvalue weighted by Gasteiger charge is -2.32. The predicted molar refractivity (Wildman–Crippen MR) is 309 cm³/mol. The van der Waals surface area contributed by atoms with Crippen LogP contribution in [0.5, 0.6) is 5.75 Å². The van der Waals surface area contributed by atoms with Gasteiger partial charge in [0.2, 0.25) is 53.2 Å². The summed E-state index contributed by atoms with van der Waals surface area (Å²) in [5, 5.41) is 33.1. The Bertz CT molecular complexity index is 2420. The molecular formula is C55H86N12O13S2. The molecule has 10 amide bonds. The van der Waals surface area contributed by atoms with Crippen molar-refractivity contribution < 1.29 is 62.6 Å². The molecule has 1 aromatic carbocycles. The number of nitrogens with zero attached hydrogens (tertiary/aromatic N) is 3. The van der Waals surface area contributed by atoms with Gasteiger partial charge in [0.05, 0.1) is 13.2 Å². The number of carbonyl (C=O) groups is 10. The molecule has 0 aliphatic carbocycles. The van der Waals surface area contributed by atoms with E-state index in [1.807, 2.05) is 32.0 Å². The van der Waals surface area contributed by atoms with Gasteiger partial charge < -0.3 is 73.2 Å². The van der Waals surface area contributed by atoms with Gasteiger partial charge in [-0.1, -0.05) is 38.9 Å². The van der Waals surface area contributed by atoms with Crippen LogP contribution >= 0.6 is 23.5 Å². The summed E-state index contributed by atoms with van der Waals surface area (Å²) >= 11 is 2.61. The highest BCUT2D eigenvalue weighted by Gasteiger charge is 2.42. The SMILES string of the molecule is CC(C)C[C@@H]1NC(=O)[C@@H]2CCCN2C(=O)[C@@H]2CSCc3cc(cc(c3)OCCCCCCO/N=C/C(=O)N[C@@H](CCCCN)C(=O)N2)CSC[C@@H](C(N)=O)NC(=O)[C@H](CO)NC(=O)[C@@H]2CCCN2C(=O)[C@H](C(C)C)NC(=O)[C@H](C)NC1=O. The van der Waals surface area contributed by atoms with E-state index in [1.54, 1.807) is 13.8 Å². The normalized spacial score (nSPS) is 27.7. The fraction of sp³-hybridized carbons (Fsp3) is 0.691. The Morgan fingerprint density at radius 1 is 0.683 bits per heavy atom. The standard InChI is InChI=1S/C55H86N12O13S2/c1-32(2)22-39-50(73)59-34(5)48(71)65-46(33(3)4)55(78)67-19-13-16-44(67)53(76)62-40(27-68)51(74)63-41(47(57)70)30-81-28-35-23-36-25-37(24-35)79-20-10-6-7-11-21-80-58-26-45(69)60-38(14-8-9-17-56)49(72)64-42(31-82-29-36)54(77)66-18-12-15-43(66)52(75)61-39/h23-26,32-34,38-44,46,68H,6-22,27-31,56H2,1-5H3,(H2,57,70)(H,59,73)(H,60,69)(H,61,75)(H,62,76)(H,63,74)(H,64,72)(H,65,71)/b58-26+/t34-,38-,39-,40-,41-,42-,43-,44-,46-/m0/s1. The zero-order valence-electron chi connectivity index (χ0n) is 47.9. The fourth-order valence-electron chi connectivity index (χ4n) is 9.99. The maximum absolute atomic E-state index is 15.0. The van der Waals surface area contributed by atoms with Crippen LogP contribution < -0.4 is 53.4 Å². The minimum Gasteiger partial charge on any atom is -0.494 e. The fourth-order valence-corrected chi connectivity index (χ4v) is 12.0. The van der Waals surface area contributed by atoms with Crippen molar-refractivity contribution in [1.29, 1.82) is 0 Å². The van der Waals surface area contributed by atoms with Gasteiger partial charge in [0.1, 0.15) is 72.9 Å². The molecule has 25 nitrogen and oxygen atoms in total. The highest BCUT2D eigenvalue weighted by molar-refractivity contribution is 7.98. The van der Waals surface area contributed by atoms with Gasteiger partial charge in [-0.2, -0.15) is 23.5 Å². The number of hydrogen-bond acceptors (Lipinski definition) is 17. The van der Waals surface area contributed by atoms with Gasteiger partial charge in [-0.3, -0.25) is 47.9 Å². The molecule has 0 radical (unpaired) electrons. The van der Waals surface area contributed by atoms with Crippen molar-refractivity contribution >= 4 is 88.8 Å². The molecule has 4 bridgehead atoms. The second kappa shape index (κ2) is 33.8. The Labute approximate surface area is 488 Å². The third kappa shape index (κ3) is 20.6. The Morgan fingerprint density at radius 2 is 1.28 bits per heavy atom. The van der Waals surface area contributed by atoms with E-state index in [9.17, 15) is 53.1 Å². The van der Waals surface area contributed by atoms with E-state index in [0.717, 1.165) is 30.2 Å². The lowest BCUT2D eigenvalue weighted by molar-refractivity contribution is -0.143. The zero-order chi connectivity index (χ0) is 59.9. The third-order valence-electron chi connectivity index (χ3n) is 14.4. The molecule has 2 fully saturated rings. The van der Waals surface area contributed by atoms with Gasteiger partial charge in [0, 0.05) is 36.1 Å². The lowest BCUT2D eigenvalue weighted by atomic mass is 10.0. The molecule has 4 aliphatic heterocycles. The first kappa shape index (κ1) is 66.6. The number of primary amides is 1. The highest BCUT2D eigenvalue weighted by atomic mass is 32.2. The smallest absolute Gasteiger partial charge is 0.266 e. The molecule has 0 spiro atoms. The average molecular weight is 1190 g/mol. The van der Waals surface area contributed by atoms with Gasteiger partial charge in [-0.05, 0) is 126 Å². The number of amides is 10. The van der Waals surface area contributed by atoms with Crippen LogP contribution in [0.3, 0.4) is 0 Å². The summed E-state index contributed by atoms with van der Waals surface area (Å²) in [5.74, 6) is -6.43. The number of fused-ring (bicyclic) bond motifs is 7. The van der Waals surface area contributed by atoms with Crippen molar-refractivity contribution in [2.75, 3.05) is 51.0 Å². The number of hydrogen-bond donors (Lipinski definition) is 10. The molecule has 27 heteroatoms. The van der Waals surface area contributed by atoms with Gasteiger partial charge >= 0.3 is 0 Å². The zero-order valence-corrected chi connectivity index (χ0v) is 49.5. The van der Waals surface area contributed by atoms with Crippen LogP contribution in [0.15, 0.2) is 23.4 Å². The molecule has 82 heavy (non-hydrogen) atoms. The quantitative estimate of drug-likeness (QED) is 0.144. The molecular weight excluding hydrogens is 1100 g/mol. The summed E-state index contributed by atoms with van der Waals surface area (Å²) in [6.07, 6.45) is 6.59. The molecule has 2 saturated heterocycles. The molecule has 4 heterocycles. The van der Waals surface area contributed by atoms with Crippen molar-refractivity contribution in [3.8, 4) is 5.75 Å². The maximum Gasteiger partial charge on any atom is 0.266 e. The van der Waals surface area contributed by atoms with Gasteiger partial charge in [0.25, 0.3) is 5.91 Å². The number of nitrogens with one attached hydrogen (secondary N) is 7. The summed E-state index contributed by atoms with van der Waals surface area (Å²) in [7, 11) is 0. The summed E-state index contributed by atoms with van der Waals surface area (Å²) in [4.78, 5) is 147. The van der Waals surface area contributed by atoms with Crippen LogP contribution in [0.1, 0.15) is 123 Å². The number of nitrogens with two attached hydrogens (primary N) is 2. The van der Waals surface area contributed by atoms with Crippen LogP contribution in [0.2, 0.25) is 0 Å². The van der Waals surface area contributed by atoms with Crippen molar-refractivity contribution in [3.63, 3.8) is 0 Å². The van der Waals surface area contributed by atoms with E-state index in [-0.39, 0.29) is 62.8 Å². The van der Waals surface area contributed by atoms with E-state index in [2.05, 4.69) is 42.4 Å². The number of oxime groups is 1. The van der Waals surface area contributed by atoms with E-state index in [4.69, 9.17) is 21.0 Å². The van der Waals surface area contributed by atoms with Crippen LogP contribution in [0.25, 0.3) is 0 Å². The van der Waals surface area contributed by atoms with E-state index in [0.29, 0.717) is 68.9 Å². The summed E-state index contributed by atoms with van der Waals surface area (Å²) in [6, 6.07) is -5.09. The molecule has 12 N–H and O–H groups in total. The first-order valence-electron chi connectivity index (χ1n) is 28.6. The number of unbranched alkanes of at least 4 members (excludes halogenated alkanes) is 1. The molecule has 0 aromatic heterocycles. The van der Waals surface area contributed by atoms with Crippen molar-refractivity contribution in [2.45, 2.75) is 178 Å². The molecule has 0 saturated carbocycles. The number of aliphatic hydroxyl groups excluding tert-OH is 1. The predicted octanol–water partition coefficient (Wildman–Crippen LogP) is -0.174. The second-order valence-corrected chi connectivity index (χ2v) is 24.1. The van der Waals surface area contributed by atoms with Crippen molar-refractivity contribution in [3.05, 3.63) is 29.3 Å². The maximum atomic E-state index is 15.0. The summed E-state index contributed by atoms with van der Waals surface area (Å²) in [5.41, 5.74) is 13.2. The van der Waals surface area contributed by atoms with Crippen LogP contribution in [0.4, 0.5) is 0 Å². The molecule has 1 aromatic rings. The topological polar surface area (TPSA) is 364 Å². The van der Waals surface area contributed by atoms with Crippen LogP contribution in [-0.2, 0) is 64.3 Å². The van der Waals surface area contributed by atoms with E-state index >= 15 is 0 Å². The third-order valence-corrected chi connectivity index (χ3v) is 16.7. The molecule has 4 aliphatic rings. The number of rotatable bonds is 9. The summed E-state index contributed by atoms with van der Waals surface area (Å²) < 4.78 is 6.26. The first-order valence-corrected chi connectivity index (χ1v) is 30.9. The monoisotopic (exact) mass is 1190 g/mol. The van der Waals surface area contributed by atoms with E-state index < -0.39 is 126 Å². The average Bonchev–Trinajstić information content (AvgIpc) is 4.36. The lowest BCUT2D eigenvalue weighted by Crippen LogP contribution is -2.61. The molecule has 5 rings (SSSR count). The van der Waals surface area contributed by atoms with Crippen molar-refractivity contribution in [2.24, 2.45) is 28.5 Å². The van der Waals surface area contributed by atoms with Gasteiger partial charge in [-0.25, -0.2) is 0 Å². The molecule has 456 valence electrons. The molecule has 9 atom stereocenters. The Hall–Kier alpha value is -6.19. The number of aliphatic hydroxyl groups is 1. The second-order valence-electron chi connectivity index (χ2n) is 22.0. The van der Waals surface area contributed by atoms with E-state index in [1.165, 1.54) is 40.2 Å². The van der Waals surface area contributed by atoms with Crippen LogP contribution in [0, 0.1) is 11.8 Å². The Kier molecular flexibility index (Phi) is 27.5. The Morgan fingerprint density at radius 3 is 1.89 bits per heavy atom. The van der Waals surface area contributed by atoms with Crippen LogP contribution in [-0.4, -0.2) is 186 Å². The highest BCUT2D eigenvalue weighted by Crippen LogP contribution is 2.27. The Balaban J connectivity index is 1.52. The number of benzene rings is 1. The minimum atomic E-state index is -1.53. The van der Waals surface area contributed by atoms with Gasteiger partial charge in [0.15, 0.2) is 0 Å². The number of carbonyl (C=O) groups excluding carboxylic acids is 10. The first-order chi connectivity index (χ1) is 39.2.